The molecule has 0 radical (unpaired) electrons. The van der Waals surface area contributed by atoms with E-state index in [-0.39, 0.29) is 17.5 Å². The fourth-order valence-electron chi connectivity index (χ4n) is 4.27. The summed E-state index contributed by atoms with van der Waals surface area (Å²) in [5.74, 6) is 0. The number of para-hydroxylation sites is 2. The Morgan fingerprint density at radius 1 is 0.933 bits per heavy atom. The quantitative estimate of drug-likeness (QED) is 0.671. The molecule has 2 fully saturated rings. The largest absolute Gasteiger partial charge is 0.423 e. The third kappa shape index (κ3) is 3.47. The van der Waals surface area contributed by atoms with Crippen molar-refractivity contribution in [2.24, 2.45) is 0 Å². The van der Waals surface area contributed by atoms with Crippen LogP contribution in [0.2, 0.25) is 0 Å². The number of sulfonamides is 1. The van der Waals surface area contributed by atoms with Gasteiger partial charge in [0, 0.05) is 39.3 Å². The highest BCUT2D eigenvalue weighted by Crippen LogP contribution is 2.27. The fourth-order valence-corrected chi connectivity index (χ4v) is 5.77. The van der Waals surface area contributed by atoms with Gasteiger partial charge in [-0.05, 0) is 24.3 Å². The van der Waals surface area contributed by atoms with Crippen molar-refractivity contribution >= 4 is 27.1 Å². The minimum atomic E-state index is -3.60. The molecule has 3 heterocycles. The first-order valence-corrected chi connectivity index (χ1v) is 11.5. The van der Waals surface area contributed by atoms with Crippen LogP contribution >= 0.6 is 0 Å². The van der Waals surface area contributed by atoms with Crippen molar-refractivity contribution in [3.8, 4) is 0 Å². The van der Waals surface area contributed by atoms with Crippen LogP contribution in [0.25, 0.3) is 11.1 Å². The Labute approximate surface area is 175 Å². The number of rotatable bonds is 4. The van der Waals surface area contributed by atoms with E-state index in [0.717, 1.165) is 11.1 Å². The maximum atomic E-state index is 12.9. The molecule has 0 amide bonds. The molecule has 2 saturated heterocycles. The summed E-state index contributed by atoms with van der Waals surface area (Å²) in [4.78, 5) is 9.08. The molecule has 0 spiro atoms. The molecule has 2 aliphatic rings. The van der Waals surface area contributed by atoms with Crippen LogP contribution in [0.5, 0.6) is 0 Å². The van der Waals surface area contributed by atoms with Crippen molar-refractivity contribution in [2.75, 3.05) is 44.2 Å². The number of hydrogen-bond acceptors (Lipinski definition) is 7. The second kappa shape index (κ2) is 7.66. The van der Waals surface area contributed by atoms with E-state index in [9.17, 15) is 13.5 Å². The number of fused-ring (bicyclic) bond motifs is 1. The van der Waals surface area contributed by atoms with Gasteiger partial charge < -0.3 is 14.4 Å². The number of aliphatic hydroxyl groups is 1. The number of oxazole rings is 1. The van der Waals surface area contributed by atoms with Gasteiger partial charge in [0.1, 0.15) is 5.52 Å². The van der Waals surface area contributed by atoms with Crippen molar-refractivity contribution in [2.45, 2.75) is 17.0 Å². The summed E-state index contributed by atoms with van der Waals surface area (Å²) in [6, 6.07) is 16.5. The summed E-state index contributed by atoms with van der Waals surface area (Å²) in [5, 5.41) is 10.6. The van der Waals surface area contributed by atoms with E-state index in [1.807, 2.05) is 24.3 Å². The van der Waals surface area contributed by atoms with Gasteiger partial charge >= 0.3 is 0 Å². The van der Waals surface area contributed by atoms with Crippen LogP contribution in [-0.2, 0) is 10.0 Å². The second-order valence-corrected chi connectivity index (χ2v) is 9.69. The summed E-state index contributed by atoms with van der Waals surface area (Å²) in [5.41, 5.74) is 1.60. The maximum Gasteiger partial charge on any atom is 0.298 e. The molecule has 8 nitrogen and oxygen atoms in total. The Kier molecular flexibility index (Phi) is 4.98. The van der Waals surface area contributed by atoms with Crippen molar-refractivity contribution in [1.82, 2.24) is 14.2 Å². The zero-order valence-electron chi connectivity index (χ0n) is 16.5. The maximum absolute atomic E-state index is 12.9. The van der Waals surface area contributed by atoms with Gasteiger partial charge in [0.2, 0.25) is 10.0 Å². The molecule has 9 heteroatoms. The zero-order valence-corrected chi connectivity index (χ0v) is 17.3. The smallest absolute Gasteiger partial charge is 0.298 e. The molecule has 30 heavy (non-hydrogen) atoms. The number of β-amino-alcohol motifs (C(OH)–C–C–N with tert-alkyl or cyclic N) is 1. The molecule has 1 N–H and O–H groups in total. The Hall–Kier alpha value is -2.46. The van der Waals surface area contributed by atoms with Crippen LogP contribution in [0.15, 0.2) is 63.9 Å². The van der Waals surface area contributed by atoms with Crippen molar-refractivity contribution in [1.29, 1.82) is 0 Å². The van der Waals surface area contributed by atoms with E-state index >= 15 is 0 Å². The van der Waals surface area contributed by atoms with Crippen LogP contribution in [-0.4, -0.2) is 79.1 Å². The van der Waals surface area contributed by atoms with Crippen LogP contribution in [0.4, 0.5) is 6.01 Å². The highest BCUT2D eigenvalue weighted by molar-refractivity contribution is 7.89. The summed E-state index contributed by atoms with van der Waals surface area (Å²) < 4.78 is 33.0. The number of piperazine rings is 1. The lowest BCUT2D eigenvalue weighted by molar-refractivity contribution is 0.0786. The Morgan fingerprint density at radius 3 is 2.37 bits per heavy atom. The highest BCUT2D eigenvalue weighted by Gasteiger charge is 2.42. The summed E-state index contributed by atoms with van der Waals surface area (Å²) in [6.07, 6.45) is -0.709. The molecule has 5 rings (SSSR count). The second-order valence-electron chi connectivity index (χ2n) is 7.76. The Bertz CT molecular complexity index is 1090. The van der Waals surface area contributed by atoms with Gasteiger partial charge in [-0.2, -0.15) is 9.29 Å². The summed E-state index contributed by atoms with van der Waals surface area (Å²) in [6.45, 7) is 3.25. The van der Waals surface area contributed by atoms with Crippen LogP contribution in [0.3, 0.4) is 0 Å². The molecule has 0 saturated carbocycles. The lowest BCUT2D eigenvalue weighted by Gasteiger charge is -2.38. The molecule has 3 aromatic rings. The van der Waals surface area contributed by atoms with E-state index in [0.29, 0.717) is 38.7 Å². The first-order valence-electron chi connectivity index (χ1n) is 10.1. The van der Waals surface area contributed by atoms with Crippen LogP contribution in [0.1, 0.15) is 0 Å². The molecular formula is C21H24N4O4S. The van der Waals surface area contributed by atoms with Crippen LogP contribution < -0.4 is 4.90 Å². The molecule has 2 atom stereocenters. The molecule has 2 aliphatic heterocycles. The van der Waals surface area contributed by atoms with E-state index < -0.39 is 16.1 Å². The highest BCUT2D eigenvalue weighted by atomic mass is 32.2. The molecule has 1 aromatic heterocycles. The number of aromatic nitrogens is 1. The Balaban J connectivity index is 1.25. The minimum absolute atomic E-state index is 0.118. The van der Waals surface area contributed by atoms with Crippen LogP contribution in [0, 0.1) is 0 Å². The lowest BCUT2D eigenvalue weighted by Crippen LogP contribution is -2.54. The van der Waals surface area contributed by atoms with E-state index in [1.54, 1.807) is 30.3 Å². The molecule has 0 unspecified atom stereocenters. The lowest BCUT2D eigenvalue weighted by atomic mass is 10.1. The minimum Gasteiger partial charge on any atom is -0.423 e. The van der Waals surface area contributed by atoms with Gasteiger partial charge in [0.05, 0.1) is 17.0 Å². The average Bonchev–Trinajstić information content (AvgIpc) is 3.38. The zero-order chi connectivity index (χ0) is 20.7. The van der Waals surface area contributed by atoms with Crippen molar-refractivity contribution in [3.05, 3.63) is 54.6 Å². The Morgan fingerprint density at radius 2 is 1.63 bits per heavy atom. The SMILES string of the molecule is O=S(=O)(c1ccccc1)N1C[C@@H](O)[C@H](N2CCN(c3nc4ccccc4o3)CC2)C1. The third-order valence-corrected chi connectivity index (χ3v) is 7.79. The summed E-state index contributed by atoms with van der Waals surface area (Å²) in [7, 11) is -3.60. The van der Waals surface area contributed by atoms with Crippen molar-refractivity contribution in [3.63, 3.8) is 0 Å². The average molecular weight is 429 g/mol. The number of benzene rings is 2. The predicted molar refractivity (Wildman–Crippen MR) is 113 cm³/mol. The normalized spacial score (nSPS) is 24.0. The van der Waals surface area contributed by atoms with E-state index in [2.05, 4.69) is 14.8 Å². The first-order chi connectivity index (χ1) is 14.5. The predicted octanol–water partition coefficient (Wildman–Crippen LogP) is 1.38. The number of aliphatic hydroxyl groups excluding tert-OH is 1. The van der Waals surface area contributed by atoms with Gasteiger partial charge in [-0.15, -0.1) is 0 Å². The topological polar surface area (TPSA) is 90.1 Å². The number of hydrogen-bond donors (Lipinski definition) is 1. The van der Waals surface area contributed by atoms with Crippen molar-refractivity contribution < 1.29 is 17.9 Å². The van der Waals surface area contributed by atoms with Gasteiger partial charge in [-0.1, -0.05) is 30.3 Å². The standard InChI is InChI=1S/C21H24N4O4S/c26-19-15-25(30(27,28)16-6-2-1-3-7-16)14-18(19)23-10-12-24(13-11-23)21-22-17-8-4-5-9-20(17)29-21/h1-9,18-19,26H,10-15H2/t18-,19-/m1/s1. The van der Waals surface area contributed by atoms with E-state index in [4.69, 9.17) is 4.42 Å². The molecule has 158 valence electrons. The molecule has 0 bridgehead atoms. The molecular weight excluding hydrogens is 404 g/mol. The first kappa shape index (κ1) is 19.5. The van der Waals surface area contributed by atoms with Gasteiger partial charge in [0.25, 0.3) is 6.01 Å². The summed E-state index contributed by atoms with van der Waals surface area (Å²) >= 11 is 0. The third-order valence-electron chi connectivity index (χ3n) is 5.94. The fraction of sp³-hybridized carbons (Fsp3) is 0.381. The van der Waals surface area contributed by atoms with Gasteiger partial charge in [-0.25, -0.2) is 8.42 Å². The van der Waals surface area contributed by atoms with Gasteiger partial charge in [-0.3, -0.25) is 4.90 Å². The van der Waals surface area contributed by atoms with E-state index in [1.165, 1.54) is 4.31 Å². The number of nitrogens with zero attached hydrogens (tertiary/aromatic N) is 4. The monoisotopic (exact) mass is 428 g/mol. The number of anilines is 1. The molecule has 2 aromatic carbocycles. The van der Waals surface area contributed by atoms with Gasteiger partial charge in [0.15, 0.2) is 5.58 Å². The molecule has 0 aliphatic carbocycles.